The first-order valence-electron chi connectivity index (χ1n) is 6.19. The number of hydrogen-bond acceptors (Lipinski definition) is 3. The molecule has 7 heteroatoms. The largest absolute Gasteiger partial charge is 0.418 e. The average molecular weight is 288 g/mol. The van der Waals surface area contributed by atoms with Crippen LogP contribution in [0.4, 0.5) is 18.9 Å². The molecule has 1 aromatic carbocycles. The zero-order chi connectivity index (χ0) is 14.9. The Kier molecular flexibility index (Phi) is 3.89. The summed E-state index contributed by atoms with van der Waals surface area (Å²) in [6.45, 7) is 0.774. The van der Waals surface area contributed by atoms with E-state index in [0.29, 0.717) is 19.5 Å². The number of amides is 1. The Morgan fingerprint density at radius 3 is 2.70 bits per heavy atom. The van der Waals surface area contributed by atoms with E-state index in [0.717, 1.165) is 12.1 Å². The standard InChI is InChI=1S/C13H15F3N2O2/c14-13(15,16)10-5-9(1-2-11(10)17)12(20)18-4-3-8(6-18)7-19/h1-2,5,8,19H,3-4,6-7,17H2. The zero-order valence-corrected chi connectivity index (χ0v) is 10.7. The number of nitrogens with zero attached hydrogens (tertiary/aromatic N) is 1. The third-order valence-corrected chi connectivity index (χ3v) is 3.44. The summed E-state index contributed by atoms with van der Waals surface area (Å²) in [5.74, 6) is -0.471. The number of likely N-dealkylation sites (tertiary alicyclic amines) is 1. The van der Waals surface area contributed by atoms with Gasteiger partial charge in [-0.25, -0.2) is 0 Å². The summed E-state index contributed by atoms with van der Waals surface area (Å²) < 4.78 is 38.2. The molecule has 1 atom stereocenters. The van der Waals surface area contributed by atoms with Crippen LogP contribution in [0, 0.1) is 5.92 Å². The van der Waals surface area contributed by atoms with Crippen LogP contribution in [0.2, 0.25) is 0 Å². The molecule has 4 nitrogen and oxygen atoms in total. The topological polar surface area (TPSA) is 66.6 Å². The molecule has 1 saturated heterocycles. The molecule has 0 aromatic heterocycles. The van der Waals surface area contributed by atoms with Crippen LogP contribution in [-0.4, -0.2) is 35.6 Å². The molecule has 0 spiro atoms. The number of halogens is 3. The van der Waals surface area contributed by atoms with Gasteiger partial charge in [0, 0.05) is 36.9 Å². The van der Waals surface area contributed by atoms with Crippen LogP contribution in [-0.2, 0) is 6.18 Å². The molecule has 0 saturated carbocycles. The lowest BCUT2D eigenvalue weighted by Crippen LogP contribution is -2.29. The molecular formula is C13H15F3N2O2. The molecule has 0 radical (unpaired) electrons. The number of alkyl halides is 3. The summed E-state index contributed by atoms with van der Waals surface area (Å²) in [4.78, 5) is 13.6. The highest BCUT2D eigenvalue weighted by atomic mass is 19.4. The molecule has 1 heterocycles. The Labute approximate surface area is 114 Å². The number of rotatable bonds is 2. The van der Waals surface area contributed by atoms with E-state index in [1.54, 1.807) is 0 Å². The van der Waals surface area contributed by atoms with Crippen molar-refractivity contribution >= 4 is 11.6 Å². The second-order valence-electron chi connectivity index (χ2n) is 4.89. The van der Waals surface area contributed by atoms with E-state index < -0.39 is 23.3 Å². The Morgan fingerprint density at radius 2 is 2.15 bits per heavy atom. The number of hydrogen-bond donors (Lipinski definition) is 2. The predicted molar refractivity (Wildman–Crippen MR) is 67.0 cm³/mol. The van der Waals surface area contributed by atoms with Crippen LogP contribution in [0.1, 0.15) is 22.3 Å². The van der Waals surface area contributed by atoms with Gasteiger partial charge in [0.15, 0.2) is 0 Å². The number of nitrogens with two attached hydrogens (primary N) is 1. The number of benzene rings is 1. The fraction of sp³-hybridized carbons (Fsp3) is 0.462. The first kappa shape index (κ1) is 14.6. The number of anilines is 1. The van der Waals surface area contributed by atoms with Crippen LogP contribution in [0.15, 0.2) is 18.2 Å². The van der Waals surface area contributed by atoms with Crippen LogP contribution in [0.3, 0.4) is 0 Å². The predicted octanol–water partition coefficient (Wildman–Crippen LogP) is 1.74. The van der Waals surface area contributed by atoms with E-state index in [2.05, 4.69) is 0 Å². The average Bonchev–Trinajstić information content (AvgIpc) is 2.86. The molecule has 1 amide bonds. The number of carbonyl (C=O) groups is 1. The van der Waals surface area contributed by atoms with Crippen molar-refractivity contribution in [2.75, 3.05) is 25.4 Å². The Bertz CT molecular complexity index is 517. The van der Waals surface area contributed by atoms with E-state index in [1.807, 2.05) is 0 Å². The second kappa shape index (κ2) is 5.32. The van der Waals surface area contributed by atoms with Gasteiger partial charge in [-0.3, -0.25) is 4.79 Å². The van der Waals surface area contributed by atoms with Crippen LogP contribution < -0.4 is 5.73 Å². The van der Waals surface area contributed by atoms with Gasteiger partial charge in [0.25, 0.3) is 5.91 Å². The van der Waals surface area contributed by atoms with Crippen molar-refractivity contribution in [3.8, 4) is 0 Å². The molecule has 2 rings (SSSR count). The highest BCUT2D eigenvalue weighted by Crippen LogP contribution is 2.34. The number of aliphatic hydroxyl groups is 1. The molecule has 1 unspecified atom stereocenters. The Morgan fingerprint density at radius 1 is 1.45 bits per heavy atom. The molecule has 110 valence electrons. The van der Waals surface area contributed by atoms with Gasteiger partial charge in [0.2, 0.25) is 0 Å². The molecule has 0 aliphatic carbocycles. The minimum absolute atomic E-state index is 0.00480. The lowest BCUT2D eigenvalue weighted by molar-refractivity contribution is -0.136. The fourth-order valence-electron chi connectivity index (χ4n) is 2.28. The first-order valence-corrected chi connectivity index (χ1v) is 6.19. The molecule has 1 aromatic rings. The molecule has 20 heavy (non-hydrogen) atoms. The van der Waals surface area contributed by atoms with Crippen molar-refractivity contribution in [2.24, 2.45) is 5.92 Å². The highest BCUT2D eigenvalue weighted by Gasteiger charge is 2.34. The van der Waals surface area contributed by atoms with Gasteiger partial charge in [-0.2, -0.15) is 13.2 Å². The van der Waals surface area contributed by atoms with Gasteiger partial charge in [0.05, 0.1) is 5.56 Å². The van der Waals surface area contributed by atoms with Gasteiger partial charge in [-0.15, -0.1) is 0 Å². The van der Waals surface area contributed by atoms with E-state index in [-0.39, 0.29) is 18.1 Å². The summed E-state index contributed by atoms with van der Waals surface area (Å²) in [5, 5.41) is 9.02. The Hall–Kier alpha value is -1.76. The van der Waals surface area contributed by atoms with E-state index in [9.17, 15) is 18.0 Å². The summed E-state index contributed by atoms with van der Waals surface area (Å²) in [7, 11) is 0. The summed E-state index contributed by atoms with van der Waals surface area (Å²) in [6, 6.07) is 3.17. The lowest BCUT2D eigenvalue weighted by Gasteiger charge is -2.18. The normalized spacial score (nSPS) is 19.4. The van der Waals surface area contributed by atoms with Crippen LogP contribution in [0.25, 0.3) is 0 Å². The molecule has 1 aliphatic heterocycles. The number of nitrogen functional groups attached to an aromatic ring is 1. The quantitative estimate of drug-likeness (QED) is 0.815. The molecule has 0 bridgehead atoms. The summed E-state index contributed by atoms with van der Waals surface area (Å²) >= 11 is 0. The number of carbonyl (C=O) groups excluding carboxylic acids is 1. The van der Waals surface area contributed by atoms with Crippen molar-refractivity contribution in [1.29, 1.82) is 0 Å². The van der Waals surface area contributed by atoms with Crippen molar-refractivity contribution in [3.63, 3.8) is 0 Å². The first-order chi connectivity index (χ1) is 9.32. The highest BCUT2D eigenvalue weighted by molar-refractivity contribution is 5.95. The van der Waals surface area contributed by atoms with Crippen LogP contribution >= 0.6 is 0 Å². The smallest absolute Gasteiger partial charge is 0.398 e. The zero-order valence-electron chi connectivity index (χ0n) is 10.7. The lowest BCUT2D eigenvalue weighted by atomic mass is 10.1. The van der Waals surface area contributed by atoms with Crippen molar-refractivity contribution in [3.05, 3.63) is 29.3 Å². The molecule has 1 aliphatic rings. The van der Waals surface area contributed by atoms with Gasteiger partial charge in [-0.05, 0) is 24.6 Å². The van der Waals surface area contributed by atoms with E-state index in [4.69, 9.17) is 10.8 Å². The molecule has 3 N–H and O–H groups in total. The maximum atomic E-state index is 12.7. The van der Waals surface area contributed by atoms with Gasteiger partial charge >= 0.3 is 6.18 Å². The van der Waals surface area contributed by atoms with Crippen molar-refractivity contribution in [2.45, 2.75) is 12.6 Å². The van der Waals surface area contributed by atoms with Crippen molar-refractivity contribution in [1.82, 2.24) is 4.90 Å². The second-order valence-corrected chi connectivity index (χ2v) is 4.89. The van der Waals surface area contributed by atoms with Gasteiger partial charge in [-0.1, -0.05) is 0 Å². The molecular weight excluding hydrogens is 273 g/mol. The van der Waals surface area contributed by atoms with Gasteiger partial charge < -0.3 is 15.7 Å². The summed E-state index contributed by atoms with van der Waals surface area (Å²) in [6.07, 6.45) is -3.93. The minimum atomic E-state index is -4.58. The van der Waals surface area contributed by atoms with Crippen molar-refractivity contribution < 1.29 is 23.1 Å². The maximum absolute atomic E-state index is 12.7. The fourth-order valence-corrected chi connectivity index (χ4v) is 2.28. The van der Waals surface area contributed by atoms with Gasteiger partial charge in [0.1, 0.15) is 0 Å². The van der Waals surface area contributed by atoms with E-state index in [1.165, 1.54) is 11.0 Å². The monoisotopic (exact) mass is 288 g/mol. The maximum Gasteiger partial charge on any atom is 0.418 e. The van der Waals surface area contributed by atoms with Crippen LogP contribution in [0.5, 0.6) is 0 Å². The Balaban J connectivity index is 2.23. The third kappa shape index (κ3) is 2.87. The van der Waals surface area contributed by atoms with E-state index >= 15 is 0 Å². The third-order valence-electron chi connectivity index (χ3n) is 3.44. The molecule has 1 fully saturated rings. The minimum Gasteiger partial charge on any atom is -0.398 e. The summed E-state index contributed by atoms with van der Waals surface area (Å²) in [5.41, 5.74) is 3.86. The SMILES string of the molecule is Nc1ccc(C(=O)N2CCC(CO)C2)cc1C(F)(F)F. The number of aliphatic hydroxyl groups excluding tert-OH is 1.